The van der Waals surface area contributed by atoms with Crippen molar-refractivity contribution in [3.8, 4) is 0 Å². The first-order valence-corrected chi connectivity index (χ1v) is 5.97. The third-order valence-corrected chi connectivity index (χ3v) is 3.50. The molecule has 3 rings (SSSR count). The third-order valence-electron chi connectivity index (χ3n) is 3.50. The number of nitrogens with zero attached hydrogens (tertiary/aromatic N) is 1. The Morgan fingerprint density at radius 2 is 1.71 bits per heavy atom. The Kier molecular flexibility index (Phi) is 2.32. The van der Waals surface area contributed by atoms with Gasteiger partial charge in [-0.2, -0.15) is 0 Å². The lowest BCUT2D eigenvalue weighted by molar-refractivity contribution is 1.15. The molecule has 0 aliphatic carbocycles. The second kappa shape index (κ2) is 3.85. The SMILES string of the molecule is Cc1ccc(C)c2c1C=Nc1ccccc1C2. The quantitative estimate of drug-likeness (QED) is 0.545. The van der Waals surface area contributed by atoms with Crippen LogP contribution in [-0.2, 0) is 6.42 Å². The molecule has 0 bridgehead atoms. The fraction of sp³-hybridized carbons (Fsp3) is 0.188. The summed E-state index contributed by atoms with van der Waals surface area (Å²) < 4.78 is 0. The van der Waals surface area contributed by atoms with Crippen LogP contribution in [0.1, 0.15) is 27.8 Å². The second-order valence-corrected chi connectivity index (χ2v) is 4.66. The van der Waals surface area contributed by atoms with Gasteiger partial charge in [-0.1, -0.05) is 30.3 Å². The minimum Gasteiger partial charge on any atom is -0.256 e. The van der Waals surface area contributed by atoms with Crippen molar-refractivity contribution < 1.29 is 0 Å². The summed E-state index contributed by atoms with van der Waals surface area (Å²) >= 11 is 0. The number of rotatable bonds is 0. The van der Waals surface area contributed by atoms with Crippen molar-refractivity contribution in [1.82, 2.24) is 0 Å². The maximum atomic E-state index is 4.61. The molecule has 0 N–H and O–H groups in total. The van der Waals surface area contributed by atoms with Crippen molar-refractivity contribution in [3.05, 3.63) is 64.2 Å². The zero-order valence-corrected chi connectivity index (χ0v) is 10.2. The molecule has 0 unspecified atom stereocenters. The van der Waals surface area contributed by atoms with Crippen LogP contribution in [0, 0.1) is 13.8 Å². The highest BCUT2D eigenvalue weighted by Crippen LogP contribution is 2.29. The molecule has 0 spiro atoms. The van der Waals surface area contributed by atoms with Crippen LogP contribution in [0.3, 0.4) is 0 Å². The summed E-state index contributed by atoms with van der Waals surface area (Å²) in [6.45, 7) is 4.33. The summed E-state index contributed by atoms with van der Waals surface area (Å²) in [4.78, 5) is 4.61. The molecule has 1 aliphatic rings. The molecule has 0 saturated carbocycles. The maximum absolute atomic E-state index is 4.61. The van der Waals surface area contributed by atoms with E-state index in [4.69, 9.17) is 0 Å². The van der Waals surface area contributed by atoms with E-state index < -0.39 is 0 Å². The van der Waals surface area contributed by atoms with Gasteiger partial charge in [0.25, 0.3) is 0 Å². The number of aliphatic imine (C=N–C) groups is 1. The third kappa shape index (κ3) is 1.68. The zero-order chi connectivity index (χ0) is 11.8. The average Bonchev–Trinajstić information content (AvgIpc) is 2.54. The van der Waals surface area contributed by atoms with E-state index in [9.17, 15) is 0 Å². The molecule has 1 heteroatoms. The lowest BCUT2D eigenvalue weighted by atomic mass is 9.93. The van der Waals surface area contributed by atoms with Gasteiger partial charge in [-0.15, -0.1) is 0 Å². The predicted octanol–water partition coefficient (Wildman–Crippen LogP) is 3.96. The van der Waals surface area contributed by atoms with Crippen LogP contribution in [0.25, 0.3) is 0 Å². The topological polar surface area (TPSA) is 12.4 Å². The monoisotopic (exact) mass is 221 g/mol. The Bertz CT molecular complexity index is 609. The standard InChI is InChI=1S/C16H15N/c1-11-7-8-12(2)15-10-17-16-6-4-3-5-13(16)9-14(11)15/h3-8,10H,9H2,1-2H3. The number of hydrogen-bond donors (Lipinski definition) is 0. The molecular weight excluding hydrogens is 206 g/mol. The van der Waals surface area contributed by atoms with E-state index in [0.717, 1.165) is 12.1 Å². The summed E-state index contributed by atoms with van der Waals surface area (Å²) in [6, 6.07) is 12.8. The van der Waals surface area contributed by atoms with Crippen LogP contribution in [0.4, 0.5) is 5.69 Å². The highest BCUT2D eigenvalue weighted by molar-refractivity contribution is 5.88. The van der Waals surface area contributed by atoms with Crippen molar-refractivity contribution in [2.24, 2.45) is 4.99 Å². The van der Waals surface area contributed by atoms with Gasteiger partial charge in [-0.25, -0.2) is 0 Å². The van der Waals surface area contributed by atoms with Gasteiger partial charge in [-0.05, 0) is 47.7 Å². The summed E-state index contributed by atoms with van der Waals surface area (Å²) in [7, 11) is 0. The van der Waals surface area contributed by atoms with Crippen molar-refractivity contribution in [2.75, 3.05) is 0 Å². The first-order chi connectivity index (χ1) is 8.25. The Balaban J connectivity index is 2.25. The number of hydrogen-bond acceptors (Lipinski definition) is 1. The largest absolute Gasteiger partial charge is 0.256 e. The van der Waals surface area contributed by atoms with Gasteiger partial charge in [-0.3, -0.25) is 4.99 Å². The fourth-order valence-electron chi connectivity index (χ4n) is 2.42. The smallest absolute Gasteiger partial charge is 0.0665 e. The molecule has 2 aromatic carbocycles. The molecule has 2 aromatic rings. The normalized spacial score (nSPS) is 12.8. The number of fused-ring (bicyclic) bond motifs is 2. The van der Waals surface area contributed by atoms with Crippen LogP contribution < -0.4 is 0 Å². The minimum absolute atomic E-state index is 0.985. The van der Waals surface area contributed by atoms with Gasteiger partial charge in [0, 0.05) is 12.6 Å². The molecule has 17 heavy (non-hydrogen) atoms. The van der Waals surface area contributed by atoms with Crippen LogP contribution in [0.5, 0.6) is 0 Å². The van der Waals surface area contributed by atoms with Gasteiger partial charge < -0.3 is 0 Å². The van der Waals surface area contributed by atoms with E-state index in [1.54, 1.807) is 0 Å². The molecule has 1 nitrogen and oxygen atoms in total. The Morgan fingerprint density at radius 1 is 0.941 bits per heavy atom. The Labute approximate surface area is 102 Å². The molecule has 1 heterocycles. The zero-order valence-electron chi connectivity index (χ0n) is 10.2. The van der Waals surface area contributed by atoms with Crippen LogP contribution >= 0.6 is 0 Å². The predicted molar refractivity (Wildman–Crippen MR) is 72.4 cm³/mol. The van der Waals surface area contributed by atoms with Crippen molar-refractivity contribution in [3.63, 3.8) is 0 Å². The number of aryl methyl sites for hydroxylation is 2. The average molecular weight is 221 g/mol. The summed E-state index contributed by atoms with van der Waals surface area (Å²) in [5.74, 6) is 0. The molecule has 1 aliphatic heterocycles. The summed E-state index contributed by atoms with van der Waals surface area (Å²) in [5, 5.41) is 0. The molecule has 0 fully saturated rings. The van der Waals surface area contributed by atoms with Crippen molar-refractivity contribution in [1.29, 1.82) is 0 Å². The molecule has 0 amide bonds. The second-order valence-electron chi connectivity index (χ2n) is 4.66. The number of para-hydroxylation sites is 1. The molecular formula is C16H15N. The van der Waals surface area contributed by atoms with Gasteiger partial charge >= 0.3 is 0 Å². The van der Waals surface area contributed by atoms with E-state index in [2.05, 4.69) is 49.2 Å². The molecule has 0 saturated heterocycles. The summed E-state index contributed by atoms with van der Waals surface area (Å²) in [6.07, 6.45) is 3.00. The van der Waals surface area contributed by atoms with E-state index in [1.165, 1.54) is 27.8 Å². The highest BCUT2D eigenvalue weighted by Gasteiger charge is 2.13. The van der Waals surface area contributed by atoms with Crippen molar-refractivity contribution in [2.45, 2.75) is 20.3 Å². The molecule has 0 aromatic heterocycles. The van der Waals surface area contributed by atoms with Gasteiger partial charge in [0.2, 0.25) is 0 Å². The Hall–Kier alpha value is -1.89. The van der Waals surface area contributed by atoms with Gasteiger partial charge in [0.1, 0.15) is 0 Å². The highest BCUT2D eigenvalue weighted by atomic mass is 14.7. The maximum Gasteiger partial charge on any atom is 0.0665 e. The van der Waals surface area contributed by atoms with E-state index in [1.807, 2.05) is 12.3 Å². The van der Waals surface area contributed by atoms with E-state index >= 15 is 0 Å². The fourth-order valence-corrected chi connectivity index (χ4v) is 2.42. The number of benzene rings is 2. The van der Waals surface area contributed by atoms with Crippen LogP contribution in [-0.4, -0.2) is 6.21 Å². The van der Waals surface area contributed by atoms with Crippen LogP contribution in [0.15, 0.2) is 41.4 Å². The first kappa shape index (κ1) is 10.3. The van der Waals surface area contributed by atoms with E-state index in [0.29, 0.717) is 0 Å². The molecule has 0 atom stereocenters. The van der Waals surface area contributed by atoms with E-state index in [-0.39, 0.29) is 0 Å². The summed E-state index contributed by atoms with van der Waals surface area (Å²) in [5.41, 5.74) is 7.79. The van der Waals surface area contributed by atoms with Gasteiger partial charge in [0.15, 0.2) is 0 Å². The lowest BCUT2D eigenvalue weighted by Gasteiger charge is -2.10. The van der Waals surface area contributed by atoms with Crippen LogP contribution in [0.2, 0.25) is 0 Å². The Morgan fingerprint density at radius 3 is 2.59 bits per heavy atom. The van der Waals surface area contributed by atoms with Gasteiger partial charge in [0.05, 0.1) is 5.69 Å². The minimum atomic E-state index is 0.985. The first-order valence-electron chi connectivity index (χ1n) is 5.97. The lowest BCUT2D eigenvalue weighted by Crippen LogP contribution is -1.98. The molecule has 0 radical (unpaired) electrons. The van der Waals surface area contributed by atoms with Crippen molar-refractivity contribution >= 4 is 11.9 Å². The molecule has 84 valence electrons.